The molecule has 25 heavy (non-hydrogen) atoms. The van der Waals surface area contributed by atoms with Crippen LogP contribution in [0.4, 0.5) is 4.39 Å². The number of phenolic OH excluding ortho intramolecular Hbond substituents is 1. The van der Waals surface area contributed by atoms with Crippen LogP contribution in [-0.4, -0.2) is 10.1 Å². The molecule has 5 heteroatoms. The Bertz CT molecular complexity index is 1280. The average Bonchev–Trinajstić information content (AvgIpc) is 3.18. The molecule has 0 aliphatic heterocycles. The van der Waals surface area contributed by atoms with Gasteiger partial charge >= 0.3 is 0 Å². The fourth-order valence-corrected chi connectivity index (χ4v) is 3.14. The summed E-state index contributed by atoms with van der Waals surface area (Å²) in [6, 6.07) is 14.3. The van der Waals surface area contributed by atoms with Crippen LogP contribution in [0.3, 0.4) is 0 Å². The van der Waals surface area contributed by atoms with Gasteiger partial charge in [-0.3, -0.25) is 0 Å². The van der Waals surface area contributed by atoms with Crippen LogP contribution in [0.2, 0.25) is 0 Å². The van der Waals surface area contributed by atoms with E-state index < -0.39 is 11.6 Å². The summed E-state index contributed by atoms with van der Waals surface area (Å²) in [4.78, 5) is 4.35. The second-order valence-corrected chi connectivity index (χ2v) is 6.05. The van der Waals surface area contributed by atoms with Crippen LogP contribution in [0.25, 0.3) is 44.5 Å². The zero-order valence-electron chi connectivity index (χ0n) is 13.2. The largest absolute Gasteiger partial charge is 0.504 e. The van der Waals surface area contributed by atoms with Gasteiger partial charge in [0, 0.05) is 5.39 Å². The highest BCUT2D eigenvalue weighted by Gasteiger charge is 2.22. The van der Waals surface area contributed by atoms with Crippen molar-refractivity contribution in [3.8, 4) is 17.2 Å². The number of aryl methyl sites for hydroxylation is 1. The van der Waals surface area contributed by atoms with Crippen LogP contribution in [0.5, 0.6) is 5.75 Å². The minimum atomic E-state index is -0.740. The third kappa shape index (κ3) is 1.96. The molecular weight excluding hydrogens is 321 g/mol. The van der Waals surface area contributed by atoms with Gasteiger partial charge in [0.2, 0.25) is 5.89 Å². The molecule has 0 radical (unpaired) electrons. The van der Waals surface area contributed by atoms with Crippen molar-refractivity contribution in [2.24, 2.45) is 0 Å². The Morgan fingerprint density at radius 1 is 0.960 bits per heavy atom. The highest BCUT2D eigenvalue weighted by Crippen LogP contribution is 2.41. The molecule has 0 saturated carbocycles. The van der Waals surface area contributed by atoms with Gasteiger partial charge in [0.15, 0.2) is 17.1 Å². The predicted octanol–water partition coefficient (Wildman–Crippen LogP) is 5.55. The first kappa shape index (κ1) is 14.0. The second-order valence-electron chi connectivity index (χ2n) is 6.05. The van der Waals surface area contributed by atoms with E-state index in [0.717, 1.165) is 5.56 Å². The Balaban J connectivity index is 1.83. The smallest absolute Gasteiger partial charge is 0.231 e. The molecule has 4 nitrogen and oxygen atoms in total. The van der Waals surface area contributed by atoms with E-state index in [9.17, 15) is 9.50 Å². The van der Waals surface area contributed by atoms with Gasteiger partial charge in [0.1, 0.15) is 16.7 Å². The van der Waals surface area contributed by atoms with Crippen molar-refractivity contribution in [3.05, 3.63) is 59.9 Å². The molecule has 3 aromatic carbocycles. The summed E-state index contributed by atoms with van der Waals surface area (Å²) in [7, 11) is 0. The number of oxazole rings is 1. The van der Waals surface area contributed by atoms with Crippen LogP contribution in [-0.2, 0) is 0 Å². The first-order chi connectivity index (χ1) is 12.1. The molecule has 0 amide bonds. The summed E-state index contributed by atoms with van der Waals surface area (Å²) in [6.07, 6.45) is 0. The number of fused-ring (bicyclic) bond motifs is 4. The van der Waals surface area contributed by atoms with Gasteiger partial charge in [-0.2, -0.15) is 0 Å². The Hall–Kier alpha value is -3.34. The van der Waals surface area contributed by atoms with Crippen molar-refractivity contribution in [2.45, 2.75) is 6.92 Å². The summed E-state index contributed by atoms with van der Waals surface area (Å²) < 4.78 is 26.3. The van der Waals surface area contributed by atoms with Crippen molar-refractivity contribution in [3.63, 3.8) is 0 Å². The van der Waals surface area contributed by atoms with Gasteiger partial charge in [-0.1, -0.05) is 24.3 Å². The second kappa shape index (κ2) is 4.83. The highest BCUT2D eigenvalue weighted by atomic mass is 19.1. The lowest BCUT2D eigenvalue weighted by molar-refractivity contribution is 0.435. The third-order valence-electron chi connectivity index (χ3n) is 4.36. The van der Waals surface area contributed by atoms with Crippen molar-refractivity contribution < 1.29 is 18.3 Å². The molecule has 1 N–H and O–H groups in total. The van der Waals surface area contributed by atoms with Gasteiger partial charge in [0.25, 0.3) is 0 Å². The fourth-order valence-electron chi connectivity index (χ4n) is 3.14. The quantitative estimate of drug-likeness (QED) is 0.437. The number of aromatic hydroxyl groups is 1. The number of furan rings is 1. The Morgan fingerprint density at radius 3 is 2.68 bits per heavy atom. The van der Waals surface area contributed by atoms with E-state index in [1.807, 2.05) is 31.2 Å². The molecule has 0 fully saturated rings. The number of hydrogen-bond donors (Lipinski definition) is 1. The van der Waals surface area contributed by atoms with Crippen LogP contribution in [0.15, 0.2) is 57.4 Å². The molecule has 0 unspecified atom stereocenters. The van der Waals surface area contributed by atoms with Crippen LogP contribution < -0.4 is 0 Å². The van der Waals surface area contributed by atoms with Crippen molar-refractivity contribution in [2.75, 3.05) is 0 Å². The minimum Gasteiger partial charge on any atom is -0.504 e. The number of nitrogens with zero attached hydrogens (tertiary/aromatic N) is 1. The SMILES string of the molecule is Cc1ccc2nc(-c3cc4oc5ccccc5c4c(F)c3O)oc2c1. The summed E-state index contributed by atoms with van der Waals surface area (Å²) in [5, 5.41) is 11.3. The average molecular weight is 333 g/mol. The number of aromatic nitrogens is 1. The number of phenols is 1. The van der Waals surface area contributed by atoms with Crippen LogP contribution >= 0.6 is 0 Å². The summed E-state index contributed by atoms with van der Waals surface area (Å²) in [5.74, 6) is -1.09. The standard InChI is InChI=1S/C20H12FNO3/c1-10-6-7-13-15(8-10)25-20(22-13)12-9-16-17(18(21)19(12)23)11-4-2-3-5-14(11)24-16/h2-9,23H,1H3. The molecular formula is C20H12FNO3. The number of halogens is 1. The van der Waals surface area contributed by atoms with Gasteiger partial charge in [-0.15, -0.1) is 0 Å². The van der Waals surface area contributed by atoms with E-state index >= 15 is 0 Å². The summed E-state index contributed by atoms with van der Waals surface area (Å²) in [6.45, 7) is 1.94. The first-order valence-electron chi connectivity index (χ1n) is 7.82. The van der Waals surface area contributed by atoms with Crippen molar-refractivity contribution >= 4 is 33.0 Å². The van der Waals surface area contributed by atoms with E-state index in [1.54, 1.807) is 24.3 Å². The van der Waals surface area contributed by atoms with E-state index in [0.29, 0.717) is 27.7 Å². The van der Waals surface area contributed by atoms with E-state index in [4.69, 9.17) is 8.83 Å². The number of rotatable bonds is 1. The highest BCUT2D eigenvalue weighted by molar-refractivity contribution is 6.07. The predicted molar refractivity (Wildman–Crippen MR) is 93.1 cm³/mol. The maximum atomic E-state index is 14.8. The zero-order valence-corrected chi connectivity index (χ0v) is 13.2. The number of para-hydroxylation sites is 1. The monoisotopic (exact) mass is 333 g/mol. The Kier molecular flexibility index (Phi) is 2.71. The zero-order chi connectivity index (χ0) is 17.1. The molecule has 0 spiro atoms. The minimum absolute atomic E-state index is 0.152. The van der Waals surface area contributed by atoms with Crippen LogP contribution in [0, 0.1) is 12.7 Å². The molecule has 5 aromatic rings. The molecule has 2 aromatic heterocycles. The van der Waals surface area contributed by atoms with Gasteiger partial charge in [-0.25, -0.2) is 9.37 Å². The molecule has 0 aliphatic rings. The normalized spacial score (nSPS) is 11.8. The molecule has 2 heterocycles. The molecule has 0 atom stereocenters. The van der Waals surface area contributed by atoms with Crippen molar-refractivity contribution in [1.29, 1.82) is 0 Å². The summed E-state index contributed by atoms with van der Waals surface area (Å²) in [5.41, 5.74) is 3.31. The fraction of sp³-hybridized carbons (Fsp3) is 0.0500. The van der Waals surface area contributed by atoms with E-state index in [-0.39, 0.29) is 16.8 Å². The maximum Gasteiger partial charge on any atom is 0.231 e. The lowest BCUT2D eigenvalue weighted by Gasteiger charge is -2.02. The lowest BCUT2D eigenvalue weighted by Crippen LogP contribution is -1.85. The molecule has 122 valence electrons. The third-order valence-corrected chi connectivity index (χ3v) is 4.36. The maximum absolute atomic E-state index is 14.8. The Morgan fingerprint density at radius 2 is 1.80 bits per heavy atom. The van der Waals surface area contributed by atoms with Crippen molar-refractivity contribution in [1.82, 2.24) is 4.98 Å². The first-order valence-corrected chi connectivity index (χ1v) is 7.82. The van der Waals surface area contributed by atoms with E-state index in [2.05, 4.69) is 4.98 Å². The summed E-state index contributed by atoms with van der Waals surface area (Å²) >= 11 is 0. The Labute approximate surface area is 141 Å². The lowest BCUT2D eigenvalue weighted by atomic mass is 10.1. The topological polar surface area (TPSA) is 59.4 Å². The van der Waals surface area contributed by atoms with Gasteiger partial charge < -0.3 is 13.9 Å². The number of hydrogen-bond acceptors (Lipinski definition) is 4. The molecule has 0 bridgehead atoms. The van der Waals surface area contributed by atoms with E-state index in [1.165, 1.54) is 0 Å². The molecule has 0 saturated heterocycles. The van der Waals surface area contributed by atoms with Gasteiger partial charge in [0.05, 0.1) is 10.9 Å². The van der Waals surface area contributed by atoms with Gasteiger partial charge in [-0.05, 0) is 36.8 Å². The number of benzene rings is 3. The molecule has 5 rings (SSSR count). The molecule has 0 aliphatic carbocycles. The van der Waals surface area contributed by atoms with Crippen LogP contribution in [0.1, 0.15) is 5.56 Å².